The quantitative estimate of drug-likeness (QED) is 0.711. The highest BCUT2D eigenvalue weighted by atomic mass is 16.5. The monoisotopic (exact) mass is 250 g/mol. The second-order valence-corrected chi connectivity index (χ2v) is 4.56. The summed E-state index contributed by atoms with van der Waals surface area (Å²) in [4.78, 5) is 4.39. The van der Waals surface area contributed by atoms with E-state index in [1.807, 2.05) is 25.3 Å². The lowest BCUT2D eigenvalue weighted by atomic mass is 10.1. The highest BCUT2D eigenvalue weighted by molar-refractivity contribution is 5.50. The van der Waals surface area contributed by atoms with E-state index < -0.39 is 0 Å². The topological polar surface area (TPSA) is 34.2 Å². The Hall–Kier alpha value is -1.25. The lowest BCUT2D eigenvalue weighted by Crippen LogP contribution is -2.20. The van der Waals surface area contributed by atoms with Crippen molar-refractivity contribution in [2.75, 3.05) is 11.9 Å². The third-order valence-corrected chi connectivity index (χ3v) is 2.95. The smallest absolute Gasteiger partial charge is 0.168 e. The Balaban J connectivity index is 2.66. The van der Waals surface area contributed by atoms with Gasteiger partial charge in [-0.15, -0.1) is 0 Å². The summed E-state index contributed by atoms with van der Waals surface area (Å²) in [7, 11) is 0. The van der Waals surface area contributed by atoms with Crippen LogP contribution in [0.25, 0.3) is 0 Å². The highest BCUT2D eigenvalue weighted by Gasteiger charge is 2.11. The molecule has 0 aliphatic carbocycles. The maximum absolute atomic E-state index is 5.60. The SMILES string of the molecule is CCCCC(CCC)Nc1ncccc1OCC. The van der Waals surface area contributed by atoms with Gasteiger partial charge >= 0.3 is 0 Å². The van der Waals surface area contributed by atoms with E-state index in [-0.39, 0.29) is 0 Å². The van der Waals surface area contributed by atoms with E-state index in [1.165, 1.54) is 32.1 Å². The number of aromatic nitrogens is 1. The number of hydrogen-bond donors (Lipinski definition) is 1. The molecule has 18 heavy (non-hydrogen) atoms. The van der Waals surface area contributed by atoms with Crippen molar-refractivity contribution in [3.63, 3.8) is 0 Å². The molecular formula is C15H26N2O. The molecule has 102 valence electrons. The van der Waals surface area contributed by atoms with Gasteiger partial charge in [-0.25, -0.2) is 4.98 Å². The molecule has 1 aromatic rings. The Morgan fingerprint density at radius 1 is 1.22 bits per heavy atom. The molecule has 1 N–H and O–H groups in total. The van der Waals surface area contributed by atoms with Crippen LogP contribution in [0.2, 0.25) is 0 Å². The van der Waals surface area contributed by atoms with E-state index >= 15 is 0 Å². The van der Waals surface area contributed by atoms with Crippen LogP contribution in [0, 0.1) is 0 Å². The summed E-state index contributed by atoms with van der Waals surface area (Å²) in [5, 5.41) is 3.53. The number of hydrogen-bond acceptors (Lipinski definition) is 3. The minimum atomic E-state index is 0.504. The maximum atomic E-state index is 5.60. The second kappa shape index (κ2) is 8.78. The summed E-state index contributed by atoms with van der Waals surface area (Å²) in [5.41, 5.74) is 0. The first kappa shape index (κ1) is 14.8. The lowest BCUT2D eigenvalue weighted by Gasteiger charge is -2.20. The average Bonchev–Trinajstić information content (AvgIpc) is 2.39. The van der Waals surface area contributed by atoms with Crippen LogP contribution in [-0.4, -0.2) is 17.6 Å². The van der Waals surface area contributed by atoms with Crippen LogP contribution < -0.4 is 10.1 Å². The van der Waals surface area contributed by atoms with Gasteiger partial charge in [0, 0.05) is 12.2 Å². The molecule has 0 spiro atoms. The van der Waals surface area contributed by atoms with E-state index in [2.05, 4.69) is 24.1 Å². The Labute approximate surface area is 111 Å². The van der Waals surface area contributed by atoms with Crippen molar-refractivity contribution < 1.29 is 4.74 Å². The van der Waals surface area contributed by atoms with Crippen LogP contribution in [0.5, 0.6) is 5.75 Å². The predicted octanol–water partition coefficient (Wildman–Crippen LogP) is 4.25. The van der Waals surface area contributed by atoms with Gasteiger partial charge < -0.3 is 10.1 Å². The van der Waals surface area contributed by atoms with Gasteiger partial charge in [-0.3, -0.25) is 0 Å². The minimum Gasteiger partial charge on any atom is -0.490 e. The molecule has 3 nitrogen and oxygen atoms in total. The molecule has 1 unspecified atom stereocenters. The number of nitrogens with one attached hydrogen (secondary N) is 1. The summed E-state index contributed by atoms with van der Waals surface area (Å²) in [5.74, 6) is 1.74. The van der Waals surface area contributed by atoms with Crippen LogP contribution in [0.1, 0.15) is 52.9 Å². The van der Waals surface area contributed by atoms with E-state index in [0.717, 1.165) is 11.6 Å². The Morgan fingerprint density at radius 3 is 2.72 bits per heavy atom. The summed E-state index contributed by atoms with van der Waals surface area (Å²) >= 11 is 0. The standard InChI is InChI=1S/C15H26N2O/c1-4-7-10-13(9-5-2)17-15-14(18-6-3)11-8-12-16-15/h8,11-13H,4-7,9-10H2,1-3H3,(H,16,17). The van der Waals surface area contributed by atoms with E-state index in [9.17, 15) is 0 Å². The fraction of sp³-hybridized carbons (Fsp3) is 0.667. The zero-order valence-corrected chi connectivity index (χ0v) is 11.9. The second-order valence-electron chi connectivity index (χ2n) is 4.56. The first-order valence-corrected chi connectivity index (χ1v) is 7.16. The summed E-state index contributed by atoms with van der Waals surface area (Å²) in [6, 6.07) is 4.39. The average molecular weight is 250 g/mol. The Bertz CT molecular complexity index is 328. The normalized spacial score (nSPS) is 12.2. The fourth-order valence-electron chi connectivity index (χ4n) is 2.05. The van der Waals surface area contributed by atoms with Crippen molar-refractivity contribution in [3.05, 3.63) is 18.3 Å². The molecule has 0 saturated carbocycles. The van der Waals surface area contributed by atoms with Gasteiger partial charge in [-0.1, -0.05) is 33.1 Å². The lowest BCUT2D eigenvalue weighted by molar-refractivity contribution is 0.340. The van der Waals surface area contributed by atoms with Crippen molar-refractivity contribution in [1.29, 1.82) is 0 Å². The minimum absolute atomic E-state index is 0.504. The zero-order valence-electron chi connectivity index (χ0n) is 11.9. The number of pyridine rings is 1. The van der Waals surface area contributed by atoms with Crippen molar-refractivity contribution in [1.82, 2.24) is 4.98 Å². The maximum Gasteiger partial charge on any atom is 0.168 e. The van der Waals surface area contributed by atoms with Crippen LogP contribution in [0.15, 0.2) is 18.3 Å². The van der Waals surface area contributed by atoms with Crippen LogP contribution in [0.3, 0.4) is 0 Å². The molecule has 0 radical (unpaired) electrons. The number of anilines is 1. The third kappa shape index (κ3) is 4.94. The largest absolute Gasteiger partial charge is 0.490 e. The van der Waals surface area contributed by atoms with Crippen LogP contribution in [0.4, 0.5) is 5.82 Å². The van der Waals surface area contributed by atoms with Gasteiger partial charge in [-0.05, 0) is 31.9 Å². The number of nitrogens with zero attached hydrogens (tertiary/aromatic N) is 1. The molecule has 1 rings (SSSR count). The molecule has 1 heterocycles. The van der Waals surface area contributed by atoms with Crippen molar-refractivity contribution in [3.8, 4) is 5.75 Å². The fourth-order valence-corrected chi connectivity index (χ4v) is 2.05. The zero-order chi connectivity index (χ0) is 13.2. The summed E-state index contributed by atoms with van der Waals surface area (Å²) in [6.07, 6.45) is 7.89. The first-order valence-electron chi connectivity index (χ1n) is 7.16. The van der Waals surface area contributed by atoms with Gasteiger partial charge in [0.1, 0.15) is 0 Å². The molecule has 1 atom stereocenters. The van der Waals surface area contributed by atoms with Crippen molar-refractivity contribution >= 4 is 5.82 Å². The number of rotatable bonds is 9. The summed E-state index contributed by atoms with van der Waals surface area (Å²) < 4.78 is 5.60. The number of unbranched alkanes of at least 4 members (excludes halogenated alkanes) is 1. The van der Waals surface area contributed by atoms with Crippen LogP contribution in [-0.2, 0) is 0 Å². The van der Waals surface area contributed by atoms with Gasteiger partial charge in [0.25, 0.3) is 0 Å². The molecule has 0 bridgehead atoms. The predicted molar refractivity (Wildman–Crippen MR) is 77.2 cm³/mol. The van der Waals surface area contributed by atoms with Gasteiger partial charge in [0.2, 0.25) is 0 Å². The third-order valence-electron chi connectivity index (χ3n) is 2.95. The van der Waals surface area contributed by atoms with E-state index in [1.54, 1.807) is 0 Å². The van der Waals surface area contributed by atoms with Gasteiger partial charge in [0.15, 0.2) is 11.6 Å². The van der Waals surface area contributed by atoms with Crippen molar-refractivity contribution in [2.24, 2.45) is 0 Å². The van der Waals surface area contributed by atoms with Gasteiger partial charge in [0.05, 0.1) is 6.61 Å². The first-order chi connectivity index (χ1) is 8.81. The molecule has 0 aliphatic rings. The highest BCUT2D eigenvalue weighted by Crippen LogP contribution is 2.23. The number of ether oxygens (including phenoxy) is 1. The molecule has 0 aromatic carbocycles. The molecule has 0 aliphatic heterocycles. The molecule has 3 heteroatoms. The van der Waals surface area contributed by atoms with Crippen LogP contribution >= 0.6 is 0 Å². The molecule has 0 amide bonds. The molecule has 0 fully saturated rings. The molecular weight excluding hydrogens is 224 g/mol. The van der Waals surface area contributed by atoms with Crippen molar-refractivity contribution in [2.45, 2.75) is 58.9 Å². The van der Waals surface area contributed by atoms with Gasteiger partial charge in [-0.2, -0.15) is 0 Å². The Kier molecular flexibility index (Phi) is 7.23. The summed E-state index contributed by atoms with van der Waals surface area (Å²) in [6.45, 7) is 7.13. The molecule has 1 aromatic heterocycles. The Morgan fingerprint density at radius 2 is 2.06 bits per heavy atom. The van der Waals surface area contributed by atoms with E-state index in [0.29, 0.717) is 12.6 Å². The van der Waals surface area contributed by atoms with E-state index in [4.69, 9.17) is 4.74 Å². The molecule has 0 saturated heterocycles.